The molecule has 0 unspecified atom stereocenters. The summed E-state index contributed by atoms with van der Waals surface area (Å²) in [7, 11) is 0. The van der Waals surface area contributed by atoms with Crippen molar-refractivity contribution in [2.75, 3.05) is 0 Å². The van der Waals surface area contributed by atoms with Gasteiger partial charge in [0.1, 0.15) is 6.61 Å². The minimum absolute atomic E-state index is 0.515. The second-order valence-corrected chi connectivity index (χ2v) is 4.41. The quantitative estimate of drug-likeness (QED) is 0.552. The molecule has 0 saturated carbocycles. The molecular formula is C17H19NO. The third-order valence-electron chi connectivity index (χ3n) is 2.84. The van der Waals surface area contributed by atoms with Crippen LogP contribution in [0.5, 0.6) is 0 Å². The predicted molar refractivity (Wildman–Crippen MR) is 79.1 cm³/mol. The first kappa shape index (κ1) is 13.3. The summed E-state index contributed by atoms with van der Waals surface area (Å²) in [6, 6.07) is 20.3. The number of nitrogens with zero attached hydrogens (tertiary/aromatic N) is 1. The maximum Gasteiger partial charge on any atom is 0.142 e. The van der Waals surface area contributed by atoms with Gasteiger partial charge >= 0.3 is 0 Å². The van der Waals surface area contributed by atoms with Crippen LogP contribution < -0.4 is 0 Å². The molecule has 0 fully saturated rings. The fourth-order valence-corrected chi connectivity index (χ4v) is 1.87. The molecule has 0 aromatic heterocycles. The lowest BCUT2D eigenvalue weighted by Crippen LogP contribution is -2.01. The summed E-state index contributed by atoms with van der Waals surface area (Å²) in [5.74, 6) is 0. The maximum atomic E-state index is 5.48. The zero-order chi connectivity index (χ0) is 13.3. The zero-order valence-corrected chi connectivity index (χ0v) is 11.3. The Balaban J connectivity index is 2.01. The molecule has 2 heteroatoms. The Morgan fingerprint density at radius 1 is 0.947 bits per heavy atom. The molecular weight excluding hydrogens is 234 g/mol. The first-order chi connectivity index (χ1) is 9.40. The lowest BCUT2D eigenvalue weighted by molar-refractivity contribution is 0.130. The van der Waals surface area contributed by atoms with Crippen molar-refractivity contribution in [1.29, 1.82) is 0 Å². The van der Waals surface area contributed by atoms with Crippen LogP contribution in [0.1, 0.15) is 30.9 Å². The van der Waals surface area contributed by atoms with Gasteiger partial charge in [0.15, 0.2) is 0 Å². The molecule has 0 saturated heterocycles. The smallest absolute Gasteiger partial charge is 0.142 e. The lowest BCUT2D eigenvalue weighted by atomic mass is 10.1. The molecule has 2 nitrogen and oxygen atoms in total. The summed E-state index contributed by atoms with van der Waals surface area (Å²) in [4.78, 5) is 5.48. The number of rotatable bonds is 6. The lowest BCUT2D eigenvalue weighted by Gasteiger charge is -2.06. The number of oxime groups is 1. The first-order valence-corrected chi connectivity index (χ1v) is 6.68. The number of benzene rings is 2. The summed E-state index contributed by atoms with van der Waals surface area (Å²) in [6.45, 7) is 2.66. The Hall–Kier alpha value is -2.09. The van der Waals surface area contributed by atoms with E-state index >= 15 is 0 Å². The van der Waals surface area contributed by atoms with E-state index in [2.05, 4.69) is 24.2 Å². The standard InChI is InChI=1S/C17H19NO/c1-2-9-17(16-12-7-4-8-13-16)18-19-14-15-10-5-3-6-11-15/h3-8,10-13H,2,9,14H2,1H3/b18-17-. The molecule has 0 aliphatic carbocycles. The first-order valence-electron chi connectivity index (χ1n) is 6.68. The average Bonchev–Trinajstić information content (AvgIpc) is 2.48. The zero-order valence-electron chi connectivity index (χ0n) is 11.3. The Bertz CT molecular complexity index is 505. The average molecular weight is 253 g/mol. The molecule has 0 amide bonds. The van der Waals surface area contributed by atoms with Gasteiger partial charge in [-0.05, 0) is 17.5 Å². The van der Waals surface area contributed by atoms with E-state index in [4.69, 9.17) is 4.84 Å². The summed E-state index contributed by atoms with van der Waals surface area (Å²) in [5.41, 5.74) is 3.28. The van der Waals surface area contributed by atoms with Gasteiger partial charge in [0.2, 0.25) is 0 Å². The van der Waals surface area contributed by atoms with Crippen molar-refractivity contribution in [3.63, 3.8) is 0 Å². The molecule has 98 valence electrons. The summed E-state index contributed by atoms with van der Waals surface area (Å²) < 4.78 is 0. The Morgan fingerprint density at radius 3 is 2.21 bits per heavy atom. The molecule has 0 N–H and O–H groups in total. The van der Waals surface area contributed by atoms with E-state index in [1.165, 1.54) is 0 Å². The highest BCUT2D eigenvalue weighted by Gasteiger charge is 2.02. The van der Waals surface area contributed by atoms with Gasteiger partial charge in [0, 0.05) is 0 Å². The third-order valence-corrected chi connectivity index (χ3v) is 2.84. The van der Waals surface area contributed by atoms with E-state index in [9.17, 15) is 0 Å². The number of hydrogen-bond donors (Lipinski definition) is 0. The minimum atomic E-state index is 0.515. The van der Waals surface area contributed by atoms with Crippen LogP contribution in [0, 0.1) is 0 Å². The highest BCUT2D eigenvalue weighted by molar-refractivity contribution is 6.00. The van der Waals surface area contributed by atoms with Crippen molar-refractivity contribution in [2.45, 2.75) is 26.4 Å². The topological polar surface area (TPSA) is 21.6 Å². The van der Waals surface area contributed by atoms with Gasteiger partial charge in [0.05, 0.1) is 5.71 Å². The summed E-state index contributed by atoms with van der Waals surface area (Å²) in [5, 5.41) is 4.30. The maximum absolute atomic E-state index is 5.48. The van der Waals surface area contributed by atoms with E-state index in [0.29, 0.717) is 6.61 Å². The van der Waals surface area contributed by atoms with Crippen molar-refractivity contribution < 1.29 is 4.84 Å². The van der Waals surface area contributed by atoms with E-state index in [1.54, 1.807) is 0 Å². The highest BCUT2D eigenvalue weighted by atomic mass is 16.6. The van der Waals surface area contributed by atoms with Crippen molar-refractivity contribution in [3.05, 3.63) is 71.8 Å². The van der Waals surface area contributed by atoms with Gasteiger partial charge in [0.25, 0.3) is 0 Å². The second-order valence-electron chi connectivity index (χ2n) is 4.41. The normalized spacial score (nSPS) is 11.3. The van der Waals surface area contributed by atoms with Gasteiger partial charge in [-0.15, -0.1) is 0 Å². The Kier molecular flexibility index (Phi) is 5.17. The Labute approximate surface area is 114 Å². The van der Waals surface area contributed by atoms with Crippen LogP contribution in [0.25, 0.3) is 0 Å². The van der Waals surface area contributed by atoms with Gasteiger partial charge < -0.3 is 4.84 Å². The van der Waals surface area contributed by atoms with Crippen molar-refractivity contribution in [2.24, 2.45) is 5.16 Å². The molecule has 0 aliphatic heterocycles. The van der Waals surface area contributed by atoms with E-state index in [0.717, 1.165) is 29.7 Å². The van der Waals surface area contributed by atoms with Gasteiger partial charge in [-0.3, -0.25) is 0 Å². The second kappa shape index (κ2) is 7.37. The largest absolute Gasteiger partial charge is 0.391 e. The summed E-state index contributed by atoms with van der Waals surface area (Å²) in [6.07, 6.45) is 1.99. The molecule has 19 heavy (non-hydrogen) atoms. The fraction of sp³-hybridized carbons (Fsp3) is 0.235. The number of hydrogen-bond acceptors (Lipinski definition) is 2. The molecule has 0 heterocycles. The van der Waals surface area contributed by atoms with Crippen LogP contribution in [-0.2, 0) is 11.4 Å². The highest BCUT2D eigenvalue weighted by Crippen LogP contribution is 2.08. The van der Waals surface area contributed by atoms with Crippen LogP contribution in [-0.4, -0.2) is 5.71 Å². The van der Waals surface area contributed by atoms with Crippen LogP contribution in [0.3, 0.4) is 0 Å². The van der Waals surface area contributed by atoms with E-state index in [-0.39, 0.29) is 0 Å². The molecule has 0 aliphatic rings. The molecule has 0 radical (unpaired) electrons. The van der Waals surface area contributed by atoms with Crippen molar-refractivity contribution >= 4 is 5.71 Å². The third kappa shape index (κ3) is 4.25. The molecule has 2 aromatic rings. The van der Waals surface area contributed by atoms with Crippen molar-refractivity contribution in [3.8, 4) is 0 Å². The van der Waals surface area contributed by atoms with Crippen LogP contribution >= 0.6 is 0 Å². The van der Waals surface area contributed by atoms with Crippen molar-refractivity contribution in [1.82, 2.24) is 0 Å². The molecule has 2 aromatic carbocycles. The minimum Gasteiger partial charge on any atom is -0.391 e. The molecule has 0 atom stereocenters. The van der Waals surface area contributed by atoms with Crippen LogP contribution in [0.2, 0.25) is 0 Å². The van der Waals surface area contributed by atoms with Gasteiger partial charge in [-0.2, -0.15) is 0 Å². The molecule has 0 bridgehead atoms. The van der Waals surface area contributed by atoms with Crippen LogP contribution in [0.4, 0.5) is 0 Å². The molecule has 0 spiro atoms. The SMILES string of the molecule is CCC/C(=N/OCc1ccccc1)c1ccccc1. The van der Waals surface area contributed by atoms with Gasteiger partial charge in [-0.1, -0.05) is 79.2 Å². The van der Waals surface area contributed by atoms with E-state index < -0.39 is 0 Å². The fourth-order valence-electron chi connectivity index (χ4n) is 1.87. The van der Waals surface area contributed by atoms with E-state index in [1.807, 2.05) is 48.5 Å². The molecule has 2 rings (SSSR count). The Morgan fingerprint density at radius 2 is 1.58 bits per heavy atom. The summed E-state index contributed by atoms with van der Waals surface area (Å²) >= 11 is 0. The monoisotopic (exact) mass is 253 g/mol. The van der Waals surface area contributed by atoms with Crippen LogP contribution in [0.15, 0.2) is 65.8 Å². The predicted octanol–water partition coefficient (Wildman–Crippen LogP) is 4.41. The van der Waals surface area contributed by atoms with Gasteiger partial charge in [-0.25, -0.2) is 0 Å².